The van der Waals surface area contributed by atoms with E-state index >= 15 is 0 Å². The molecule has 3 aromatic carbocycles. The number of fused-ring (bicyclic) bond motifs is 2. The Balaban J connectivity index is 2.06. The maximum absolute atomic E-state index is 11.3. The minimum Gasteiger partial charge on any atom is -0.466 e. The van der Waals surface area contributed by atoms with Gasteiger partial charge in [-0.25, -0.2) is 4.79 Å². The van der Waals surface area contributed by atoms with Gasteiger partial charge in [0.25, 0.3) is 0 Å². The van der Waals surface area contributed by atoms with Crippen LogP contribution < -0.4 is 0 Å². The van der Waals surface area contributed by atoms with Crippen LogP contribution >= 0.6 is 0 Å². The first-order valence-corrected chi connectivity index (χ1v) is 8.18. The zero-order valence-corrected chi connectivity index (χ0v) is 14.4. The Morgan fingerprint density at radius 1 is 1.00 bits per heavy atom. The minimum absolute atomic E-state index is 0.0769. The van der Waals surface area contributed by atoms with E-state index in [1.807, 2.05) is 6.08 Å². The Kier molecular flexibility index (Phi) is 4.39. The minimum atomic E-state index is -0.310. The summed E-state index contributed by atoms with van der Waals surface area (Å²) in [5, 5.41) is 5.02. The number of allylic oxidation sites excluding steroid dienone is 1. The van der Waals surface area contributed by atoms with Crippen LogP contribution in [0, 0.1) is 0 Å². The summed E-state index contributed by atoms with van der Waals surface area (Å²) < 4.78 is 4.66. The van der Waals surface area contributed by atoms with E-state index in [0.29, 0.717) is 0 Å². The van der Waals surface area contributed by atoms with Crippen molar-refractivity contribution in [2.75, 3.05) is 7.11 Å². The largest absolute Gasteiger partial charge is 0.466 e. The van der Waals surface area contributed by atoms with Crippen molar-refractivity contribution in [1.29, 1.82) is 0 Å². The molecule has 0 N–H and O–H groups in total. The zero-order chi connectivity index (χ0) is 17.2. The van der Waals surface area contributed by atoms with E-state index in [9.17, 15) is 4.79 Å². The monoisotopic (exact) mass is 318 g/mol. The van der Waals surface area contributed by atoms with Crippen LogP contribution in [0.5, 0.6) is 0 Å². The van der Waals surface area contributed by atoms with Crippen LogP contribution in [0.4, 0.5) is 0 Å². The average Bonchev–Trinajstić information content (AvgIpc) is 2.59. The van der Waals surface area contributed by atoms with Gasteiger partial charge in [0.15, 0.2) is 0 Å². The van der Waals surface area contributed by atoms with Gasteiger partial charge in [-0.3, -0.25) is 0 Å². The second-order valence-corrected chi connectivity index (χ2v) is 6.74. The highest BCUT2D eigenvalue weighted by atomic mass is 16.5. The average molecular weight is 318 g/mol. The summed E-state index contributed by atoms with van der Waals surface area (Å²) in [4.78, 5) is 11.3. The molecule has 0 bridgehead atoms. The van der Waals surface area contributed by atoms with Gasteiger partial charge in [-0.15, -0.1) is 0 Å². The van der Waals surface area contributed by atoms with Gasteiger partial charge < -0.3 is 4.74 Å². The highest BCUT2D eigenvalue weighted by molar-refractivity contribution is 6.00. The second kappa shape index (κ2) is 6.48. The molecule has 0 atom stereocenters. The fourth-order valence-electron chi connectivity index (χ4n) is 3.18. The van der Waals surface area contributed by atoms with Gasteiger partial charge in [0.05, 0.1) is 7.11 Å². The number of methoxy groups -OCH3 is 1. The Morgan fingerprint density at radius 3 is 2.38 bits per heavy atom. The highest BCUT2D eigenvalue weighted by Crippen LogP contribution is 2.35. The first-order chi connectivity index (χ1) is 11.5. The topological polar surface area (TPSA) is 26.3 Å². The number of benzene rings is 3. The Hall–Kier alpha value is -2.61. The van der Waals surface area contributed by atoms with E-state index in [0.717, 1.165) is 6.42 Å². The Morgan fingerprint density at radius 2 is 1.67 bits per heavy atom. The van der Waals surface area contributed by atoms with E-state index in [1.54, 1.807) is 0 Å². The normalized spacial score (nSPS) is 12.1. The maximum atomic E-state index is 11.3. The number of carbonyl (C=O) groups excluding carboxylic acids is 1. The van der Waals surface area contributed by atoms with Gasteiger partial charge in [0.1, 0.15) is 0 Å². The molecular weight excluding hydrogens is 296 g/mol. The number of ether oxygens (including phenoxy) is 1. The number of carbonyl (C=O) groups is 1. The SMILES string of the molecule is COC(=O)/C=C/CC(C)(C)c1cccc2cc3ccccc3cc12. The van der Waals surface area contributed by atoms with Crippen LogP contribution in [0.2, 0.25) is 0 Å². The number of rotatable bonds is 4. The van der Waals surface area contributed by atoms with Crippen molar-refractivity contribution in [3.63, 3.8) is 0 Å². The molecule has 0 saturated heterocycles. The summed E-state index contributed by atoms with van der Waals surface area (Å²) in [6.45, 7) is 4.41. The van der Waals surface area contributed by atoms with Crippen LogP contribution in [-0.2, 0) is 14.9 Å². The van der Waals surface area contributed by atoms with E-state index < -0.39 is 0 Å². The van der Waals surface area contributed by atoms with E-state index in [-0.39, 0.29) is 11.4 Å². The van der Waals surface area contributed by atoms with Crippen LogP contribution in [-0.4, -0.2) is 13.1 Å². The third kappa shape index (κ3) is 3.18. The molecule has 3 aromatic rings. The molecule has 122 valence electrons. The van der Waals surface area contributed by atoms with Crippen LogP contribution in [0.3, 0.4) is 0 Å². The molecule has 3 rings (SSSR count). The van der Waals surface area contributed by atoms with E-state index in [2.05, 4.69) is 73.2 Å². The molecular formula is C22H22O2. The fraction of sp³-hybridized carbons (Fsp3) is 0.227. The molecule has 0 spiro atoms. The maximum Gasteiger partial charge on any atom is 0.330 e. The van der Waals surface area contributed by atoms with E-state index in [1.165, 1.54) is 40.3 Å². The number of hydrogen-bond donors (Lipinski definition) is 0. The Labute approximate surface area is 142 Å². The smallest absolute Gasteiger partial charge is 0.330 e. The molecule has 0 aliphatic heterocycles. The molecule has 0 saturated carbocycles. The van der Waals surface area contributed by atoms with Crippen LogP contribution in [0.25, 0.3) is 21.5 Å². The molecule has 0 aromatic heterocycles. The lowest BCUT2D eigenvalue weighted by Crippen LogP contribution is -2.16. The van der Waals surface area contributed by atoms with Gasteiger partial charge in [-0.1, -0.05) is 62.4 Å². The highest BCUT2D eigenvalue weighted by Gasteiger charge is 2.21. The van der Waals surface area contributed by atoms with Crippen molar-refractivity contribution in [2.45, 2.75) is 25.7 Å². The van der Waals surface area contributed by atoms with Crippen molar-refractivity contribution in [1.82, 2.24) is 0 Å². The van der Waals surface area contributed by atoms with Gasteiger partial charge in [0.2, 0.25) is 0 Å². The summed E-state index contributed by atoms with van der Waals surface area (Å²) in [6, 6.07) is 19.4. The zero-order valence-electron chi connectivity index (χ0n) is 14.4. The first kappa shape index (κ1) is 16.3. The Bertz CT molecular complexity index is 920. The fourth-order valence-corrected chi connectivity index (χ4v) is 3.18. The number of hydrogen-bond acceptors (Lipinski definition) is 2. The molecule has 24 heavy (non-hydrogen) atoms. The van der Waals surface area contributed by atoms with Crippen molar-refractivity contribution in [2.24, 2.45) is 0 Å². The summed E-state index contributed by atoms with van der Waals surface area (Å²) in [7, 11) is 1.40. The lowest BCUT2D eigenvalue weighted by molar-refractivity contribution is -0.134. The van der Waals surface area contributed by atoms with Gasteiger partial charge in [0, 0.05) is 6.08 Å². The van der Waals surface area contributed by atoms with Gasteiger partial charge in [-0.05, 0) is 51.1 Å². The van der Waals surface area contributed by atoms with Gasteiger partial charge in [-0.2, -0.15) is 0 Å². The molecule has 0 aliphatic rings. The quantitative estimate of drug-likeness (QED) is 0.366. The number of esters is 1. The standard InChI is InChI=1S/C22H22O2/c1-22(2,13-7-12-21(23)24-3)20-11-6-10-18-14-16-8-4-5-9-17(16)15-19(18)20/h4-12,14-15H,13H2,1-3H3/b12-7+. The summed E-state index contributed by atoms with van der Waals surface area (Å²) in [6.07, 6.45) is 4.17. The van der Waals surface area contributed by atoms with Crippen molar-refractivity contribution in [3.05, 3.63) is 72.3 Å². The van der Waals surface area contributed by atoms with Crippen molar-refractivity contribution in [3.8, 4) is 0 Å². The lowest BCUT2D eigenvalue weighted by Gasteiger charge is -2.25. The second-order valence-electron chi connectivity index (χ2n) is 6.74. The molecule has 0 unspecified atom stereocenters. The molecule has 0 radical (unpaired) electrons. The molecule has 0 heterocycles. The first-order valence-electron chi connectivity index (χ1n) is 8.18. The molecule has 2 nitrogen and oxygen atoms in total. The predicted molar refractivity (Wildman–Crippen MR) is 100 cm³/mol. The third-order valence-corrected chi connectivity index (χ3v) is 4.56. The summed E-state index contributed by atoms with van der Waals surface area (Å²) in [5.74, 6) is -0.310. The molecule has 0 fully saturated rings. The molecule has 0 amide bonds. The van der Waals surface area contributed by atoms with Crippen molar-refractivity contribution < 1.29 is 9.53 Å². The third-order valence-electron chi connectivity index (χ3n) is 4.56. The van der Waals surface area contributed by atoms with Crippen molar-refractivity contribution >= 4 is 27.5 Å². The predicted octanol–water partition coefficient (Wildman–Crippen LogP) is 5.39. The van der Waals surface area contributed by atoms with Crippen LogP contribution in [0.15, 0.2) is 66.7 Å². The summed E-state index contributed by atoms with van der Waals surface area (Å²) in [5.41, 5.74) is 1.22. The van der Waals surface area contributed by atoms with Crippen LogP contribution in [0.1, 0.15) is 25.8 Å². The van der Waals surface area contributed by atoms with E-state index in [4.69, 9.17) is 0 Å². The van der Waals surface area contributed by atoms with Gasteiger partial charge >= 0.3 is 5.97 Å². The summed E-state index contributed by atoms with van der Waals surface area (Å²) >= 11 is 0. The molecule has 2 heteroatoms. The lowest BCUT2D eigenvalue weighted by atomic mass is 9.78. The molecule has 0 aliphatic carbocycles.